The van der Waals surface area contributed by atoms with E-state index in [2.05, 4.69) is 10.2 Å². The summed E-state index contributed by atoms with van der Waals surface area (Å²) in [7, 11) is 1.93. The van der Waals surface area contributed by atoms with Crippen LogP contribution in [0.4, 0.5) is 5.69 Å². The molecule has 0 amide bonds. The molecule has 1 saturated heterocycles. The Labute approximate surface area is 99.0 Å². The Kier molecular flexibility index (Phi) is 3.26. The van der Waals surface area contributed by atoms with Gasteiger partial charge in [0.05, 0.1) is 16.5 Å². The van der Waals surface area contributed by atoms with E-state index >= 15 is 0 Å². The summed E-state index contributed by atoms with van der Waals surface area (Å²) in [4.78, 5) is 12.6. The summed E-state index contributed by atoms with van der Waals surface area (Å²) >= 11 is 0. The van der Waals surface area contributed by atoms with E-state index in [1.54, 1.807) is 0 Å². The molecule has 0 spiro atoms. The first kappa shape index (κ1) is 11.8. The van der Waals surface area contributed by atoms with E-state index in [9.17, 15) is 15.2 Å². The molecule has 92 valence electrons. The largest absolute Gasteiger partial charge is 0.508 e. The van der Waals surface area contributed by atoms with Crippen LogP contribution in [-0.2, 0) is 0 Å². The molecule has 1 aliphatic rings. The zero-order chi connectivity index (χ0) is 12.4. The molecule has 1 aliphatic heterocycles. The van der Waals surface area contributed by atoms with Crippen molar-refractivity contribution in [3.8, 4) is 5.75 Å². The van der Waals surface area contributed by atoms with Gasteiger partial charge in [0.2, 0.25) is 0 Å². The van der Waals surface area contributed by atoms with Crippen LogP contribution < -0.4 is 5.32 Å². The van der Waals surface area contributed by atoms with Crippen molar-refractivity contribution in [1.82, 2.24) is 10.2 Å². The number of nitrogens with zero attached hydrogens (tertiary/aromatic N) is 2. The highest BCUT2D eigenvalue weighted by Gasteiger charge is 2.27. The SMILES string of the molecule is CN1CCNCC1c1cc(O)ccc1[N+](=O)[O-]. The van der Waals surface area contributed by atoms with Crippen molar-refractivity contribution in [3.63, 3.8) is 0 Å². The van der Waals surface area contributed by atoms with Crippen LogP contribution >= 0.6 is 0 Å². The van der Waals surface area contributed by atoms with Gasteiger partial charge in [0, 0.05) is 25.7 Å². The second-order valence-corrected chi connectivity index (χ2v) is 4.20. The summed E-state index contributed by atoms with van der Waals surface area (Å²) in [5.41, 5.74) is 0.619. The molecule has 1 atom stereocenters. The zero-order valence-corrected chi connectivity index (χ0v) is 9.59. The Morgan fingerprint density at radius 1 is 1.59 bits per heavy atom. The predicted octanol–water partition coefficient (Wildman–Crippen LogP) is 0.876. The standard InChI is InChI=1S/C11H15N3O3/c1-13-5-4-12-7-11(13)9-6-8(15)2-3-10(9)14(16)17/h2-3,6,11-12,15H,4-5,7H2,1H3. The Balaban J connectivity index is 2.41. The lowest BCUT2D eigenvalue weighted by Gasteiger charge is -2.33. The maximum absolute atomic E-state index is 11.0. The van der Waals surface area contributed by atoms with Crippen molar-refractivity contribution >= 4 is 5.69 Å². The van der Waals surface area contributed by atoms with Gasteiger partial charge in [0.25, 0.3) is 5.69 Å². The smallest absolute Gasteiger partial charge is 0.274 e. The average molecular weight is 237 g/mol. The van der Waals surface area contributed by atoms with Crippen molar-refractivity contribution in [2.75, 3.05) is 26.7 Å². The molecule has 6 nitrogen and oxygen atoms in total. The quantitative estimate of drug-likeness (QED) is 0.589. The van der Waals surface area contributed by atoms with Gasteiger partial charge in [-0.25, -0.2) is 0 Å². The summed E-state index contributed by atoms with van der Waals surface area (Å²) in [5, 5.41) is 23.6. The lowest BCUT2D eigenvalue weighted by molar-refractivity contribution is -0.386. The first-order valence-electron chi connectivity index (χ1n) is 5.48. The minimum absolute atomic E-state index is 0.0587. The Morgan fingerprint density at radius 3 is 3.00 bits per heavy atom. The van der Waals surface area contributed by atoms with E-state index in [1.807, 2.05) is 7.05 Å². The summed E-state index contributed by atoms with van der Waals surface area (Å²) in [6.45, 7) is 2.36. The number of phenols is 1. The molecule has 17 heavy (non-hydrogen) atoms. The van der Waals surface area contributed by atoms with Gasteiger partial charge in [-0.05, 0) is 19.2 Å². The minimum Gasteiger partial charge on any atom is -0.508 e. The van der Waals surface area contributed by atoms with Gasteiger partial charge in [-0.15, -0.1) is 0 Å². The van der Waals surface area contributed by atoms with E-state index in [-0.39, 0.29) is 17.5 Å². The molecular weight excluding hydrogens is 222 g/mol. The highest BCUT2D eigenvalue weighted by molar-refractivity contribution is 5.47. The summed E-state index contributed by atoms with van der Waals surface area (Å²) in [6, 6.07) is 4.10. The number of nitrogens with one attached hydrogen (secondary N) is 1. The van der Waals surface area contributed by atoms with E-state index in [0.29, 0.717) is 12.1 Å². The molecule has 2 rings (SSSR count). The number of phenolic OH excluding ortho intramolecular Hbond substituents is 1. The second kappa shape index (κ2) is 4.68. The van der Waals surface area contributed by atoms with Crippen LogP contribution in [0.25, 0.3) is 0 Å². The van der Waals surface area contributed by atoms with Gasteiger partial charge >= 0.3 is 0 Å². The molecule has 2 N–H and O–H groups in total. The monoisotopic (exact) mass is 237 g/mol. The number of hydrogen-bond donors (Lipinski definition) is 2. The number of benzene rings is 1. The molecule has 0 radical (unpaired) electrons. The fourth-order valence-electron chi connectivity index (χ4n) is 2.13. The van der Waals surface area contributed by atoms with Gasteiger partial charge in [-0.2, -0.15) is 0 Å². The Hall–Kier alpha value is -1.66. The van der Waals surface area contributed by atoms with Crippen molar-refractivity contribution in [3.05, 3.63) is 33.9 Å². The van der Waals surface area contributed by atoms with Crippen LogP contribution in [-0.4, -0.2) is 41.6 Å². The number of aromatic hydroxyl groups is 1. The van der Waals surface area contributed by atoms with Gasteiger partial charge in [0.1, 0.15) is 5.75 Å². The molecule has 0 saturated carbocycles. The van der Waals surface area contributed by atoms with Crippen molar-refractivity contribution in [2.24, 2.45) is 0 Å². The van der Waals surface area contributed by atoms with Crippen LogP contribution in [0.2, 0.25) is 0 Å². The highest BCUT2D eigenvalue weighted by Crippen LogP contribution is 2.32. The van der Waals surface area contributed by atoms with Crippen LogP contribution in [0.15, 0.2) is 18.2 Å². The summed E-state index contributed by atoms with van der Waals surface area (Å²) in [6.07, 6.45) is 0. The normalized spacial score (nSPS) is 21.4. The Morgan fingerprint density at radius 2 is 2.35 bits per heavy atom. The number of piperazine rings is 1. The van der Waals surface area contributed by atoms with E-state index in [0.717, 1.165) is 13.1 Å². The third-order valence-corrected chi connectivity index (χ3v) is 3.08. The molecule has 0 bridgehead atoms. The summed E-state index contributed by atoms with van der Waals surface area (Å²) in [5.74, 6) is 0.0598. The van der Waals surface area contributed by atoms with Crippen LogP contribution in [0.3, 0.4) is 0 Å². The number of likely N-dealkylation sites (N-methyl/N-ethyl adjacent to an activating group) is 1. The van der Waals surface area contributed by atoms with Gasteiger partial charge in [0.15, 0.2) is 0 Å². The average Bonchev–Trinajstić information content (AvgIpc) is 2.29. The third-order valence-electron chi connectivity index (χ3n) is 3.08. The number of nitro groups is 1. The molecule has 6 heteroatoms. The fraction of sp³-hybridized carbons (Fsp3) is 0.455. The maximum atomic E-state index is 11.0. The molecular formula is C11H15N3O3. The van der Waals surface area contributed by atoms with E-state index in [1.165, 1.54) is 18.2 Å². The van der Waals surface area contributed by atoms with E-state index < -0.39 is 4.92 Å². The minimum atomic E-state index is -0.406. The van der Waals surface area contributed by atoms with Crippen LogP contribution in [0.1, 0.15) is 11.6 Å². The number of hydrogen-bond acceptors (Lipinski definition) is 5. The van der Waals surface area contributed by atoms with Crippen molar-refractivity contribution in [1.29, 1.82) is 0 Å². The number of rotatable bonds is 2. The zero-order valence-electron chi connectivity index (χ0n) is 9.59. The molecule has 0 aromatic heterocycles. The molecule has 0 aliphatic carbocycles. The number of nitro benzene ring substituents is 1. The van der Waals surface area contributed by atoms with Gasteiger partial charge < -0.3 is 10.4 Å². The van der Waals surface area contributed by atoms with Crippen molar-refractivity contribution < 1.29 is 10.0 Å². The molecule has 1 unspecified atom stereocenters. The second-order valence-electron chi connectivity index (χ2n) is 4.20. The van der Waals surface area contributed by atoms with Crippen molar-refractivity contribution in [2.45, 2.75) is 6.04 Å². The molecule has 1 fully saturated rings. The Bertz CT molecular complexity index is 436. The summed E-state index contributed by atoms with van der Waals surface area (Å²) < 4.78 is 0. The van der Waals surface area contributed by atoms with Crippen LogP contribution in [0.5, 0.6) is 5.75 Å². The molecule has 1 aromatic rings. The molecule has 1 aromatic carbocycles. The third kappa shape index (κ3) is 2.37. The lowest BCUT2D eigenvalue weighted by Crippen LogP contribution is -2.43. The topological polar surface area (TPSA) is 78.6 Å². The fourth-order valence-corrected chi connectivity index (χ4v) is 2.13. The predicted molar refractivity (Wildman–Crippen MR) is 63.0 cm³/mol. The molecule has 1 heterocycles. The van der Waals surface area contributed by atoms with E-state index in [4.69, 9.17) is 0 Å². The van der Waals surface area contributed by atoms with Gasteiger partial charge in [-0.3, -0.25) is 15.0 Å². The highest BCUT2D eigenvalue weighted by atomic mass is 16.6. The first-order valence-corrected chi connectivity index (χ1v) is 5.48. The van der Waals surface area contributed by atoms with Crippen LogP contribution in [0, 0.1) is 10.1 Å². The lowest BCUT2D eigenvalue weighted by atomic mass is 10.0. The first-order chi connectivity index (χ1) is 8.09. The van der Waals surface area contributed by atoms with Gasteiger partial charge in [-0.1, -0.05) is 0 Å². The maximum Gasteiger partial charge on any atom is 0.274 e.